The highest BCUT2D eigenvalue weighted by Gasteiger charge is 2.37. The van der Waals surface area contributed by atoms with Gasteiger partial charge in [0.25, 0.3) is 0 Å². The molecule has 70 valence electrons. The predicted octanol–water partition coefficient (Wildman–Crippen LogP) is 1.69. The van der Waals surface area contributed by atoms with E-state index in [1.807, 2.05) is 0 Å². The first-order valence-corrected chi connectivity index (χ1v) is 4.98. The van der Waals surface area contributed by atoms with Crippen LogP contribution in [0.1, 0.15) is 20.3 Å². The van der Waals surface area contributed by atoms with Gasteiger partial charge in [-0.2, -0.15) is 0 Å². The molecule has 0 saturated carbocycles. The second-order valence-corrected chi connectivity index (χ2v) is 4.21. The number of fused-ring (bicyclic) bond motifs is 1. The minimum atomic E-state index is 0.454. The van der Waals surface area contributed by atoms with Crippen molar-refractivity contribution in [3.8, 4) is 0 Å². The summed E-state index contributed by atoms with van der Waals surface area (Å²) in [6.45, 7) is 7.29. The average molecular weight is 170 g/mol. The fourth-order valence-corrected chi connectivity index (χ4v) is 2.50. The van der Waals surface area contributed by atoms with Crippen LogP contribution in [0.25, 0.3) is 0 Å². The minimum absolute atomic E-state index is 0.454. The second-order valence-electron chi connectivity index (χ2n) is 4.21. The Balaban J connectivity index is 2.05. The Morgan fingerprint density at radius 3 is 2.67 bits per heavy atom. The molecule has 0 aromatic heterocycles. The zero-order valence-electron chi connectivity index (χ0n) is 7.95. The maximum Gasteiger partial charge on any atom is 0.0579 e. The van der Waals surface area contributed by atoms with Crippen LogP contribution >= 0.6 is 0 Å². The van der Waals surface area contributed by atoms with E-state index in [1.54, 1.807) is 0 Å². The van der Waals surface area contributed by atoms with Crippen LogP contribution in [0.5, 0.6) is 0 Å². The van der Waals surface area contributed by atoms with Gasteiger partial charge in [0, 0.05) is 13.2 Å². The summed E-state index contributed by atoms with van der Waals surface area (Å²) in [5, 5.41) is 0. The Kier molecular flexibility index (Phi) is 2.37. The van der Waals surface area contributed by atoms with Crippen LogP contribution in [0, 0.1) is 17.8 Å². The molecule has 0 spiro atoms. The SMILES string of the molecule is CC1COC(C)C2CCOCC12. The Hall–Kier alpha value is -0.0800. The third-order valence-electron chi connectivity index (χ3n) is 3.41. The van der Waals surface area contributed by atoms with Gasteiger partial charge in [-0.15, -0.1) is 0 Å². The molecule has 2 heteroatoms. The van der Waals surface area contributed by atoms with E-state index in [0.717, 1.165) is 31.7 Å². The van der Waals surface area contributed by atoms with Crippen molar-refractivity contribution in [3.05, 3.63) is 0 Å². The second kappa shape index (κ2) is 3.35. The highest BCUT2D eigenvalue weighted by Crippen LogP contribution is 2.36. The van der Waals surface area contributed by atoms with E-state index in [4.69, 9.17) is 9.47 Å². The average Bonchev–Trinajstić information content (AvgIpc) is 2.12. The van der Waals surface area contributed by atoms with E-state index in [0.29, 0.717) is 12.0 Å². The van der Waals surface area contributed by atoms with E-state index in [1.165, 1.54) is 6.42 Å². The van der Waals surface area contributed by atoms with Crippen LogP contribution < -0.4 is 0 Å². The quantitative estimate of drug-likeness (QED) is 0.551. The molecule has 0 N–H and O–H groups in total. The van der Waals surface area contributed by atoms with Gasteiger partial charge in [-0.05, 0) is 31.1 Å². The Morgan fingerprint density at radius 2 is 1.92 bits per heavy atom. The number of rotatable bonds is 0. The van der Waals surface area contributed by atoms with Crippen molar-refractivity contribution >= 4 is 0 Å². The van der Waals surface area contributed by atoms with Crippen molar-refractivity contribution in [2.45, 2.75) is 26.4 Å². The molecule has 12 heavy (non-hydrogen) atoms. The zero-order valence-corrected chi connectivity index (χ0v) is 7.95. The fraction of sp³-hybridized carbons (Fsp3) is 1.00. The molecule has 2 nitrogen and oxygen atoms in total. The lowest BCUT2D eigenvalue weighted by Gasteiger charge is -2.43. The van der Waals surface area contributed by atoms with Crippen molar-refractivity contribution in [1.29, 1.82) is 0 Å². The van der Waals surface area contributed by atoms with Crippen LogP contribution in [0.3, 0.4) is 0 Å². The fourth-order valence-electron chi connectivity index (χ4n) is 2.50. The van der Waals surface area contributed by atoms with Crippen LogP contribution in [0.4, 0.5) is 0 Å². The van der Waals surface area contributed by atoms with Crippen LogP contribution in [0.15, 0.2) is 0 Å². The first kappa shape index (κ1) is 8.52. The smallest absolute Gasteiger partial charge is 0.0579 e. The lowest BCUT2D eigenvalue weighted by atomic mass is 9.75. The van der Waals surface area contributed by atoms with Crippen LogP contribution in [0.2, 0.25) is 0 Å². The van der Waals surface area contributed by atoms with Gasteiger partial charge in [-0.1, -0.05) is 6.92 Å². The molecule has 0 radical (unpaired) electrons. The van der Waals surface area contributed by atoms with Crippen LogP contribution in [-0.2, 0) is 9.47 Å². The summed E-state index contributed by atoms with van der Waals surface area (Å²) in [6, 6.07) is 0. The van der Waals surface area contributed by atoms with Gasteiger partial charge in [-0.25, -0.2) is 0 Å². The zero-order chi connectivity index (χ0) is 8.55. The molecule has 4 atom stereocenters. The first-order valence-electron chi connectivity index (χ1n) is 4.98. The molecule has 2 aliphatic heterocycles. The molecule has 2 fully saturated rings. The van der Waals surface area contributed by atoms with E-state index in [2.05, 4.69) is 13.8 Å². The summed E-state index contributed by atoms with van der Waals surface area (Å²) >= 11 is 0. The summed E-state index contributed by atoms with van der Waals surface area (Å²) in [5.74, 6) is 2.19. The maximum atomic E-state index is 5.70. The van der Waals surface area contributed by atoms with Crippen LogP contribution in [-0.4, -0.2) is 25.9 Å². The molecule has 0 aromatic carbocycles. The molecule has 4 unspecified atom stereocenters. The molecule has 2 saturated heterocycles. The monoisotopic (exact) mass is 170 g/mol. The van der Waals surface area contributed by atoms with Gasteiger partial charge in [-0.3, -0.25) is 0 Å². The summed E-state index contributed by atoms with van der Waals surface area (Å²) < 4.78 is 11.2. The van der Waals surface area contributed by atoms with Crippen molar-refractivity contribution in [3.63, 3.8) is 0 Å². The van der Waals surface area contributed by atoms with Crippen molar-refractivity contribution in [2.75, 3.05) is 19.8 Å². The molecular weight excluding hydrogens is 152 g/mol. The normalized spacial score (nSPS) is 48.5. The highest BCUT2D eigenvalue weighted by atomic mass is 16.5. The highest BCUT2D eigenvalue weighted by molar-refractivity contribution is 4.85. The summed E-state index contributed by atoms with van der Waals surface area (Å²) in [6.07, 6.45) is 1.64. The van der Waals surface area contributed by atoms with Gasteiger partial charge < -0.3 is 9.47 Å². The van der Waals surface area contributed by atoms with E-state index >= 15 is 0 Å². The molecule has 0 bridgehead atoms. The molecular formula is C10H18O2. The summed E-state index contributed by atoms with van der Waals surface area (Å²) in [4.78, 5) is 0. The van der Waals surface area contributed by atoms with Crippen molar-refractivity contribution < 1.29 is 9.47 Å². The predicted molar refractivity (Wildman–Crippen MR) is 47.0 cm³/mol. The third-order valence-corrected chi connectivity index (χ3v) is 3.41. The molecule has 0 aromatic rings. The standard InChI is InChI=1S/C10H18O2/c1-7-5-12-8(2)9-3-4-11-6-10(7)9/h7-10H,3-6H2,1-2H3. The van der Waals surface area contributed by atoms with Gasteiger partial charge in [0.1, 0.15) is 0 Å². The summed E-state index contributed by atoms with van der Waals surface area (Å²) in [7, 11) is 0. The lowest BCUT2D eigenvalue weighted by molar-refractivity contribution is -0.130. The topological polar surface area (TPSA) is 18.5 Å². The molecule has 2 heterocycles. The first-order chi connectivity index (χ1) is 5.79. The third kappa shape index (κ3) is 1.38. The lowest BCUT2D eigenvalue weighted by Crippen LogP contribution is -2.45. The Morgan fingerprint density at radius 1 is 1.08 bits per heavy atom. The van der Waals surface area contributed by atoms with Crippen molar-refractivity contribution in [2.24, 2.45) is 17.8 Å². The minimum Gasteiger partial charge on any atom is -0.381 e. The van der Waals surface area contributed by atoms with Gasteiger partial charge in [0.15, 0.2) is 0 Å². The summed E-state index contributed by atoms with van der Waals surface area (Å²) in [5.41, 5.74) is 0. The maximum absolute atomic E-state index is 5.70. The van der Waals surface area contributed by atoms with E-state index in [9.17, 15) is 0 Å². The van der Waals surface area contributed by atoms with Gasteiger partial charge >= 0.3 is 0 Å². The number of hydrogen-bond acceptors (Lipinski definition) is 2. The number of ether oxygens (including phenoxy) is 2. The van der Waals surface area contributed by atoms with E-state index in [-0.39, 0.29) is 0 Å². The van der Waals surface area contributed by atoms with Gasteiger partial charge in [0.2, 0.25) is 0 Å². The Bertz CT molecular complexity index is 140. The molecule has 0 aliphatic carbocycles. The largest absolute Gasteiger partial charge is 0.381 e. The van der Waals surface area contributed by atoms with Gasteiger partial charge in [0.05, 0.1) is 12.7 Å². The number of hydrogen-bond donors (Lipinski definition) is 0. The molecule has 2 aliphatic rings. The molecule has 0 amide bonds. The van der Waals surface area contributed by atoms with E-state index < -0.39 is 0 Å². The Labute approximate surface area is 74.2 Å². The van der Waals surface area contributed by atoms with Crippen molar-refractivity contribution in [1.82, 2.24) is 0 Å². The molecule has 2 rings (SSSR count).